The standard InChI is InChI=1S/C16H20N4O/c1-12(2)8-16(21)20-14-5-6-15(19-11-14)18-10-13-4-3-7-17-9-13/h3-7,9,11-12H,8,10H2,1-2H3,(H,18,19)(H,20,21). The summed E-state index contributed by atoms with van der Waals surface area (Å²) in [6, 6.07) is 7.59. The lowest BCUT2D eigenvalue weighted by molar-refractivity contribution is -0.116. The molecule has 5 nitrogen and oxygen atoms in total. The first-order valence-electron chi connectivity index (χ1n) is 7.02. The predicted molar refractivity (Wildman–Crippen MR) is 83.9 cm³/mol. The van der Waals surface area contributed by atoms with E-state index in [1.165, 1.54) is 0 Å². The summed E-state index contributed by atoms with van der Waals surface area (Å²) in [5.74, 6) is 1.13. The van der Waals surface area contributed by atoms with Crippen LogP contribution in [0.2, 0.25) is 0 Å². The van der Waals surface area contributed by atoms with Gasteiger partial charge in [0.2, 0.25) is 5.91 Å². The molecule has 0 bridgehead atoms. The molecule has 21 heavy (non-hydrogen) atoms. The average Bonchev–Trinajstić information content (AvgIpc) is 2.47. The topological polar surface area (TPSA) is 66.9 Å². The third-order valence-corrected chi connectivity index (χ3v) is 2.84. The molecule has 110 valence electrons. The molecular weight excluding hydrogens is 264 g/mol. The Morgan fingerprint density at radius 3 is 2.71 bits per heavy atom. The van der Waals surface area contributed by atoms with Gasteiger partial charge in [0.25, 0.3) is 0 Å². The summed E-state index contributed by atoms with van der Waals surface area (Å²) in [7, 11) is 0. The summed E-state index contributed by atoms with van der Waals surface area (Å²) in [6.07, 6.45) is 5.73. The van der Waals surface area contributed by atoms with Crippen LogP contribution in [0.4, 0.5) is 11.5 Å². The van der Waals surface area contributed by atoms with E-state index in [-0.39, 0.29) is 5.91 Å². The van der Waals surface area contributed by atoms with Crippen LogP contribution in [0.25, 0.3) is 0 Å². The van der Waals surface area contributed by atoms with Gasteiger partial charge in [-0.05, 0) is 29.7 Å². The average molecular weight is 284 g/mol. The van der Waals surface area contributed by atoms with Gasteiger partial charge in [0.15, 0.2) is 0 Å². The Hall–Kier alpha value is -2.43. The second kappa shape index (κ2) is 7.38. The van der Waals surface area contributed by atoms with E-state index in [1.807, 2.05) is 44.3 Å². The quantitative estimate of drug-likeness (QED) is 0.855. The van der Waals surface area contributed by atoms with Crippen molar-refractivity contribution in [3.63, 3.8) is 0 Å². The van der Waals surface area contributed by atoms with Crippen LogP contribution < -0.4 is 10.6 Å². The van der Waals surface area contributed by atoms with Crippen LogP contribution >= 0.6 is 0 Å². The molecule has 2 rings (SSSR count). The van der Waals surface area contributed by atoms with Crippen LogP contribution in [0.15, 0.2) is 42.9 Å². The molecular formula is C16H20N4O. The van der Waals surface area contributed by atoms with Crippen LogP contribution in [-0.4, -0.2) is 15.9 Å². The van der Waals surface area contributed by atoms with Crippen LogP contribution in [0.5, 0.6) is 0 Å². The number of hydrogen-bond acceptors (Lipinski definition) is 4. The van der Waals surface area contributed by atoms with Crippen LogP contribution in [0, 0.1) is 5.92 Å². The number of aromatic nitrogens is 2. The van der Waals surface area contributed by atoms with Gasteiger partial charge in [-0.25, -0.2) is 4.98 Å². The first kappa shape index (κ1) is 15.0. The van der Waals surface area contributed by atoms with E-state index < -0.39 is 0 Å². The van der Waals surface area contributed by atoms with Crippen molar-refractivity contribution in [1.82, 2.24) is 9.97 Å². The molecule has 0 saturated heterocycles. The molecule has 0 atom stereocenters. The zero-order valence-electron chi connectivity index (χ0n) is 12.3. The SMILES string of the molecule is CC(C)CC(=O)Nc1ccc(NCc2cccnc2)nc1. The van der Waals surface area contributed by atoms with Gasteiger partial charge < -0.3 is 10.6 Å². The number of hydrogen-bond donors (Lipinski definition) is 2. The number of carbonyl (C=O) groups is 1. The molecule has 0 aliphatic carbocycles. The van der Waals surface area contributed by atoms with E-state index in [1.54, 1.807) is 12.4 Å². The highest BCUT2D eigenvalue weighted by Crippen LogP contribution is 2.12. The summed E-state index contributed by atoms with van der Waals surface area (Å²) in [5, 5.41) is 6.04. The molecule has 0 aliphatic heterocycles. The smallest absolute Gasteiger partial charge is 0.224 e. The van der Waals surface area contributed by atoms with Gasteiger partial charge in [-0.2, -0.15) is 0 Å². The van der Waals surface area contributed by atoms with Crippen LogP contribution in [-0.2, 0) is 11.3 Å². The second-order valence-electron chi connectivity index (χ2n) is 5.29. The van der Waals surface area contributed by atoms with Gasteiger partial charge in [0, 0.05) is 25.4 Å². The van der Waals surface area contributed by atoms with Crippen molar-refractivity contribution in [3.8, 4) is 0 Å². The molecule has 0 fully saturated rings. The number of amides is 1. The van der Waals surface area contributed by atoms with E-state index in [2.05, 4.69) is 20.6 Å². The molecule has 2 N–H and O–H groups in total. The molecule has 2 heterocycles. The first-order valence-corrected chi connectivity index (χ1v) is 7.02. The molecule has 0 spiro atoms. The molecule has 0 saturated carbocycles. The molecule has 5 heteroatoms. The van der Waals surface area contributed by atoms with E-state index in [0.717, 1.165) is 11.4 Å². The van der Waals surface area contributed by atoms with Crippen molar-refractivity contribution in [2.75, 3.05) is 10.6 Å². The largest absolute Gasteiger partial charge is 0.366 e. The Labute approximate surface area is 124 Å². The number of rotatable bonds is 6. The molecule has 0 unspecified atom stereocenters. The highest BCUT2D eigenvalue weighted by atomic mass is 16.1. The molecule has 2 aromatic rings. The van der Waals surface area contributed by atoms with Gasteiger partial charge in [-0.3, -0.25) is 9.78 Å². The van der Waals surface area contributed by atoms with Gasteiger partial charge in [0.05, 0.1) is 11.9 Å². The molecule has 2 aromatic heterocycles. The van der Waals surface area contributed by atoms with Crippen molar-refractivity contribution in [1.29, 1.82) is 0 Å². The fourth-order valence-corrected chi connectivity index (χ4v) is 1.85. The maximum absolute atomic E-state index is 11.7. The molecule has 0 aliphatic rings. The zero-order valence-corrected chi connectivity index (χ0v) is 12.3. The number of carbonyl (C=O) groups excluding carboxylic acids is 1. The predicted octanol–water partition coefficient (Wildman–Crippen LogP) is 3.07. The summed E-state index contributed by atoms with van der Waals surface area (Å²) in [6.45, 7) is 4.70. The second-order valence-corrected chi connectivity index (χ2v) is 5.29. The lowest BCUT2D eigenvalue weighted by Crippen LogP contribution is -2.14. The number of nitrogens with one attached hydrogen (secondary N) is 2. The Morgan fingerprint density at radius 1 is 1.24 bits per heavy atom. The normalized spacial score (nSPS) is 10.4. The van der Waals surface area contributed by atoms with Gasteiger partial charge >= 0.3 is 0 Å². The minimum absolute atomic E-state index is 0.0165. The van der Waals surface area contributed by atoms with E-state index >= 15 is 0 Å². The Bertz CT molecular complexity index is 567. The van der Waals surface area contributed by atoms with E-state index in [0.29, 0.717) is 24.6 Å². The van der Waals surface area contributed by atoms with Crippen LogP contribution in [0.3, 0.4) is 0 Å². The monoisotopic (exact) mass is 284 g/mol. The van der Waals surface area contributed by atoms with Gasteiger partial charge in [-0.1, -0.05) is 19.9 Å². The lowest BCUT2D eigenvalue weighted by atomic mass is 10.1. The maximum Gasteiger partial charge on any atom is 0.224 e. The lowest BCUT2D eigenvalue weighted by Gasteiger charge is -2.08. The Balaban J connectivity index is 1.86. The summed E-state index contributed by atoms with van der Waals surface area (Å²) >= 11 is 0. The van der Waals surface area contributed by atoms with Crippen LogP contribution in [0.1, 0.15) is 25.8 Å². The third kappa shape index (κ3) is 5.22. The number of pyridine rings is 2. The molecule has 1 amide bonds. The van der Waals surface area contributed by atoms with Crippen molar-refractivity contribution in [2.45, 2.75) is 26.8 Å². The Kier molecular flexibility index (Phi) is 5.26. The maximum atomic E-state index is 11.7. The van der Waals surface area contributed by atoms with E-state index in [9.17, 15) is 4.79 Å². The van der Waals surface area contributed by atoms with Gasteiger partial charge in [0.1, 0.15) is 5.82 Å². The number of anilines is 2. The summed E-state index contributed by atoms with van der Waals surface area (Å²) in [5.41, 5.74) is 1.81. The summed E-state index contributed by atoms with van der Waals surface area (Å²) in [4.78, 5) is 20.0. The third-order valence-electron chi connectivity index (χ3n) is 2.84. The Morgan fingerprint density at radius 2 is 2.10 bits per heavy atom. The van der Waals surface area contributed by atoms with Gasteiger partial charge in [-0.15, -0.1) is 0 Å². The molecule has 0 aromatic carbocycles. The van der Waals surface area contributed by atoms with E-state index in [4.69, 9.17) is 0 Å². The fourth-order valence-electron chi connectivity index (χ4n) is 1.85. The zero-order chi connectivity index (χ0) is 15.1. The van der Waals surface area contributed by atoms with Crippen molar-refractivity contribution >= 4 is 17.4 Å². The summed E-state index contributed by atoms with van der Waals surface area (Å²) < 4.78 is 0. The van der Waals surface area contributed by atoms with Crippen molar-refractivity contribution < 1.29 is 4.79 Å². The first-order chi connectivity index (χ1) is 10.1. The molecule has 0 radical (unpaired) electrons. The highest BCUT2D eigenvalue weighted by molar-refractivity contribution is 5.90. The minimum Gasteiger partial charge on any atom is -0.366 e. The number of nitrogens with zero attached hydrogens (tertiary/aromatic N) is 2. The van der Waals surface area contributed by atoms with Crippen molar-refractivity contribution in [2.24, 2.45) is 5.92 Å². The van der Waals surface area contributed by atoms with Crippen molar-refractivity contribution in [3.05, 3.63) is 48.4 Å². The minimum atomic E-state index is 0.0165. The fraction of sp³-hybridized carbons (Fsp3) is 0.312. The highest BCUT2D eigenvalue weighted by Gasteiger charge is 2.05.